The van der Waals surface area contributed by atoms with E-state index < -0.39 is 0 Å². The summed E-state index contributed by atoms with van der Waals surface area (Å²) in [5.41, 5.74) is 1.32. The number of hydrogen-bond donors (Lipinski definition) is 1. The molecule has 1 amide bonds. The molecule has 0 saturated carbocycles. The number of carbonyl (C=O) groups is 1. The Labute approximate surface area is 149 Å². The first-order valence-electron chi connectivity index (χ1n) is 9.01. The molecule has 4 rings (SSSR count). The fraction of sp³-hybridized carbons (Fsp3) is 0.444. The van der Waals surface area contributed by atoms with Gasteiger partial charge in [-0.1, -0.05) is 12.1 Å². The highest BCUT2D eigenvalue weighted by atomic mass is 16.5. The lowest BCUT2D eigenvalue weighted by Crippen LogP contribution is -2.39. The van der Waals surface area contributed by atoms with E-state index in [0.29, 0.717) is 23.6 Å². The number of rotatable bonds is 4. The Bertz CT molecular complexity index is 986. The monoisotopic (exact) mass is 355 g/mol. The van der Waals surface area contributed by atoms with Crippen molar-refractivity contribution in [1.29, 1.82) is 0 Å². The number of nitrogens with zero attached hydrogens (tertiary/aromatic N) is 4. The molecule has 8 heteroatoms. The minimum atomic E-state index is -0.227. The first-order valence-corrected chi connectivity index (χ1v) is 9.01. The van der Waals surface area contributed by atoms with Gasteiger partial charge in [0.15, 0.2) is 11.3 Å². The molecule has 3 aromatic heterocycles. The van der Waals surface area contributed by atoms with Crippen LogP contribution in [0.4, 0.5) is 0 Å². The van der Waals surface area contributed by atoms with Crippen LogP contribution in [0.15, 0.2) is 33.7 Å². The SMILES string of the molecule is CCCc1cc(C(=O)N2CCCC[C@@H]2c2cc(=O)n3[nH]ccc3n2)no1. The maximum absolute atomic E-state index is 13.0. The Morgan fingerprint density at radius 3 is 3.12 bits per heavy atom. The minimum absolute atomic E-state index is 0.170. The molecule has 26 heavy (non-hydrogen) atoms. The molecule has 8 nitrogen and oxygen atoms in total. The van der Waals surface area contributed by atoms with E-state index >= 15 is 0 Å². The van der Waals surface area contributed by atoms with Crippen LogP contribution in [0.1, 0.15) is 60.6 Å². The van der Waals surface area contributed by atoms with Crippen molar-refractivity contribution in [3.8, 4) is 0 Å². The van der Waals surface area contributed by atoms with Crippen LogP contribution in [0, 0.1) is 0 Å². The molecule has 4 heterocycles. The van der Waals surface area contributed by atoms with E-state index in [0.717, 1.165) is 37.9 Å². The molecule has 1 atom stereocenters. The van der Waals surface area contributed by atoms with Gasteiger partial charge in [-0.25, -0.2) is 9.50 Å². The van der Waals surface area contributed by atoms with Crippen molar-refractivity contribution in [3.05, 3.63) is 51.9 Å². The normalized spacial score (nSPS) is 17.7. The summed E-state index contributed by atoms with van der Waals surface area (Å²) in [5.74, 6) is 0.548. The number of H-pyrrole nitrogens is 1. The zero-order chi connectivity index (χ0) is 18.1. The van der Waals surface area contributed by atoms with Crippen molar-refractivity contribution in [2.75, 3.05) is 6.54 Å². The first kappa shape index (κ1) is 16.6. The van der Waals surface area contributed by atoms with Crippen LogP contribution in [0.25, 0.3) is 5.65 Å². The van der Waals surface area contributed by atoms with Gasteiger partial charge in [-0.2, -0.15) is 0 Å². The van der Waals surface area contributed by atoms with Gasteiger partial charge in [0.2, 0.25) is 0 Å². The molecule has 0 radical (unpaired) electrons. The lowest BCUT2D eigenvalue weighted by molar-refractivity contribution is 0.0595. The molecule has 0 aromatic carbocycles. The fourth-order valence-corrected chi connectivity index (χ4v) is 3.52. The van der Waals surface area contributed by atoms with Gasteiger partial charge in [0.25, 0.3) is 11.5 Å². The number of aryl methyl sites for hydroxylation is 1. The van der Waals surface area contributed by atoms with E-state index in [9.17, 15) is 9.59 Å². The van der Waals surface area contributed by atoms with E-state index in [1.54, 1.807) is 23.2 Å². The summed E-state index contributed by atoms with van der Waals surface area (Å²) in [7, 11) is 0. The van der Waals surface area contributed by atoms with Crippen molar-refractivity contribution in [2.45, 2.75) is 45.1 Å². The Kier molecular flexibility index (Phi) is 4.32. The quantitative estimate of drug-likeness (QED) is 0.775. The summed E-state index contributed by atoms with van der Waals surface area (Å²) in [5, 5.41) is 6.77. The Morgan fingerprint density at radius 2 is 2.27 bits per heavy atom. The zero-order valence-corrected chi connectivity index (χ0v) is 14.6. The number of likely N-dealkylation sites (tertiary alicyclic amines) is 1. The first-order chi connectivity index (χ1) is 12.7. The molecule has 1 N–H and O–H groups in total. The Morgan fingerprint density at radius 1 is 1.38 bits per heavy atom. The third kappa shape index (κ3) is 2.91. The summed E-state index contributed by atoms with van der Waals surface area (Å²) in [6.07, 6.45) is 6.04. The van der Waals surface area contributed by atoms with Gasteiger partial charge in [-0.15, -0.1) is 0 Å². The van der Waals surface area contributed by atoms with E-state index in [2.05, 4.69) is 15.2 Å². The number of amides is 1. The third-order valence-corrected chi connectivity index (χ3v) is 4.78. The predicted octanol–water partition coefficient (Wildman–Crippen LogP) is 2.33. The summed E-state index contributed by atoms with van der Waals surface area (Å²) < 4.78 is 6.64. The topological polar surface area (TPSA) is 96.5 Å². The second-order valence-electron chi connectivity index (χ2n) is 6.61. The largest absolute Gasteiger partial charge is 0.361 e. The third-order valence-electron chi connectivity index (χ3n) is 4.78. The Balaban J connectivity index is 1.66. The number of hydrogen-bond acceptors (Lipinski definition) is 5. The van der Waals surface area contributed by atoms with Crippen LogP contribution < -0.4 is 5.56 Å². The van der Waals surface area contributed by atoms with Gasteiger partial charge in [0.05, 0.1) is 11.7 Å². The van der Waals surface area contributed by atoms with Crippen LogP contribution in [-0.2, 0) is 6.42 Å². The molecule has 1 aliphatic heterocycles. The van der Waals surface area contributed by atoms with E-state index in [1.807, 2.05) is 6.92 Å². The minimum Gasteiger partial charge on any atom is -0.361 e. The highest BCUT2D eigenvalue weighted by Gasteiger charge is 2.31. The van der Waals surface area contributed by atoms with Crippen LogP contribution >= 0.6 is 0 Å². The van der Waals surface area contributed by atoms with Gasteiger partial charge in [0, 0.05) is 37.4 Å². The molecule has 0 spiro atoms. The molecule has 136 valence electrons. The standard InChI is InChI=1S/C18H21N5O3/c1-2-5-12-10-14(21-26-12)18(25)22-9-4-3-6-15(22)13-11-17(24)23-16(20-13)7-8-19-23/h7-8,10-11,15,19H,2-6,9H2,1H3/t15-/m1/s1. The smallest absolute Gasteiger partial charge is 0.276 e. The molecular weight excluding hydrogens is 334 g/mol. The van der Waals surface area contributed by atoms with E-state index in [4.69, 9.17) is 4.52 Å². The molecule has 0 aliphatic carbocycles. The average molecular weight is 355 g/mol. The van der Waals surface area contributed by atoms with Crippen molar-refractivity contribution >= 4 is 11.6 Å². The summed E-state index contributed by atoms with van der Waals surface area (Å²) in [4.78, 5) is 31.6. The number of aromatic nitrogens is 4. The van der Waals surface area contributed by atoms with Crippen LogP contribution in [0.5, 0.6) is 0 Å². The van der Waals surface area contributed by atoms with Gasteiger partial charge < -0.3 is 9.42 Å². The lowest BCUT2D eigenvalue weighted by Gasteiger charge is -2.34. The average Bonchev–Trinajstić information content (AvgIpc) is 3.31. The molecule has 3 aromatic rings. The van der Waals surface area contributed by atoms with Gasteiger partial charge in [0.1, 0.15) is 5.76 Å². The highest BCUT2D eigenvalue weighted by Crippen LogP contribution is 2.30. The number of carbonyl (C=O) groups excluding carboxylic acids is 1. The zero-order valence-electron chi connectivity index (χ0n) is 14.6. The second kappa shape index (κ2) is 6.78. The van der Waals surface area contributed by atoms with Crippen molar-refractivity contribution in [1.82, 2.24) is 24.7 Å². The molecule has 0 bridgehead atoms. The van der Waals surface area contributed by atoms with Crippen molar-refractivity contribution in [3.63, 3.8) is 0 Å². The molecule has 0 unspecified atom stereocenters. The van der Waals surface area contributed by atoms with Crippen LogP contribution in [0.2, 0.25) is 0 Å². The number of piperidine rings is 1. The maximum Gasteiger partial charge on any atom is 0.276 e. The van der Waals surface area contributed by atoms with Gasteiger partial charge in [-0.05, 0) is 25.7 Å². The lowest BCUT2D eigenvalue weighted by atomic mass is 9.98. The molecule has 1 saturated heterocycles. The fourth-order valence-electron chi connectivity index (χ4n) is 3.52. The van der Waals surface area contributed by atoms with E-state index in [1.165, 1.54) is 10.6 Å². The summed E-state index contributed by atoms with van der Waals surface area (Å²) >= 11 is 0. The number of aromatic amines is 1. The number of nitrogens with one attached hydrogen (secondary N) is 1. The molecule has 1 fully saturated rings. The Hall–Kier alpha value is -2.90. The molecular formula is C18H21N5O3. The summed E-state index contributed by atoms with van der Waals surface area (Å²) in [6, 6.07) is 4.74. The van der Waals surface area contributed by atoms with Gasteiger partial charge in [-0.3, -0.25) is 14.7 Å². The maximum atomic E-state index is 13.0. The van der Waals surface area contributed by atoms with Crippen LogP contribution in [-0.4, -0.2) is 37.1 Å². The van der Waals surface area contributed by atoms with Crippen molar-refractivity contribution in [2.24, 2.45) is 0 Å². The predicted molar refractivity (Wildman–Crippen MR) is 93.9 cm³/mol. The van der Waals surface area contributed by atoms with Crippen LogP contribution in [0.3, 0.4) is 0 Å². The van der Waals surface area contributed by atoms with Crippen molar-refractivity contribution < 1.29 is 9.32 Å². The van der Waals surface area contributed by atoms with E-state index in [-0.39, 0.29) is 17.5 Å². The highest BCUT2D eigenvalue weighted by molar-refractivity contribution is 5.92. The molecule has 1 aliphatic rings. The van der Waals surface area contributed by atoms with Gasteiger partial charge >= 0.3 is 0 Å². The number of fused-ring (bicyclic) bond motifs is 1. The second-order valence-corrected chi connectivity index (χ2v) is 6.61. The summed E-state index contributed by atoms with van der Waals surface area (Å²) in [6.45, 7) is 2.67.